The summed E-state index contributed by atoms with van der Waals surface area (Å²) in [6.07, 6.45) is 0. The molecule has 1 rings (SSSR count). The van der Waals surface area contributed by atoms with Crippen molar-refractivity contribution in [1.82, 2.24) is 0 Å². The average molecular weight is 387 g/mol. The lowest BCUT2D eigenvalue weighted by Gasteiger charge is -2.22. The maximum absolute atomic E-state index is 13.7. The molecule has 100 valence electrons. The minimum atomic E-state index is -3.76. The molecule has 0 amide bonds. The van der Waals surface area contributed by atoms with Crippen LogP contribution in [0, 0.1) is 0 Å². The summed E-state index contributed by atoms with van der Waals surface area (Å²) in [5.74, 6) is -5.37. The van der Waals surface area contributed by atoms with Crippen LogP contribution < -0.4 is 5.73 Å². The number of nitrogens with two attached hydrogens (primary N) is 1. The highest BCUT2D eigenvalue weighted by atomic mass is 79.9. The first kappa shape index (κ1) is 15.5. The Morgan fingerprint density at radius 3 is 2.56 bits per heavy atom. The second kappa shape index (κ2) is 6.08. The molecule has 0 heterocycles. The first-order chi connectivity index (χ1) is 8.30. The van der Waals surface area contributed by atoms with Gasteiger partial charge in [0.25, 0.3) is 0 Å². The van der Waals surface area contributed by atoms with E-state index >= 15 is 0 Å². The number of hydrogen-bond acceptors (Lipinski definition) is 3. The van der Waals surface area contributed by atoms with Crippen LogP contribution in [0.3, 0.4) is 0 Å². The standard InChI is InChI=1S/C11H11Br2F2NO2/c1-2-18-10(17)11(14,15)9(16)6-3-4-7(12)8(13)5-6/h3-5,9H,2,16H2,1H3/t9-/m0/s1. The molecule has 0 saturated carbocycles. The van der Waals surface area contributed by atoms with E-state index in [1.165, 1.54) is 19.1 Å². The third kappa shape index (κ3) is 3.27. The molecule has 2 N–H and O–H groups in total. The van der Waals surface area contributed by atoms with Gasteiger partial charge in [0, 0.05) is 8.95 Å². The van der Waals surface area contributed by atoms with Crippen molar-refractivity contribution in [3.05, 3.63) is 32.7 Å². The van der Waals surface area contributed by atoms with Gasteiger partial charge in [-0.1, -0.05) is 6.07 Å². The molecule has 1 atom stereocenters. The Hall–Kier alpha value is -0.530. The molecule has 0 aliphatic carbocycles. The molecule has 0 radical (unpaired) electrons. The van der Waals surface area contributed by atoms with Crippen LogP contribution >= 0.6 is 31.9 Å². The summed E-state index contributed by atoms with van der Waals surface area (Å²) in [5, 5.41) is 0. The fourth-order valence-electron chi connectivity index (χ4n) is 1.27. The maximum atomic E-state index is 13.7. The van der Waals surface area contributed by atoms with Gasteiger partial charge < -0.3 is 10.5 Å². The zero-order chi connectivity index (χ0) is 13.9. The molecule has 0 aliphatic heterocycles. The van der Waals surface area contributed by atoms with Gasteiger partial charge in [-0.3, -0.25) is 0 Å². The van der Waals surface area contributed by atoms with E-state index in [0.717, 1.165) is 0 Å². The van der Waals surface area contributed by atoms with E-state index < -0.39 is 17.9 Å². The zero-order valence-electron chi connectivity index (χ0n) is 9.42. The maximum Gasteiger partial charge on any atom is 0.379 e. The molecule has 0 unspecified atom stereocenters. The molecule has 1 aromatic rings. The van der Waals surface area contributed by atoms with Gasteiger partial charge in [0.2, 0.25) is 0 Å². The van der Waals surface area contributed by atoms with Crippen LogP contribution in [0.4, 0.5) is 8.78 Å². The molecule has 0 spiro atoms. The van der Waals surface area contributed by atoms with Gasteiger partial charge in [-0.15, -0.1) is 0 Å². The summed E-state index contributed by atoms with van der Waals surface area (Å²) >= 11 is 6.40. The second-order valence-electron chi connectivity index (χ2n) is 3.49. The number of rotatable bonds is 4. The molecule has 0 aromatic heterocycles. The number of hydrogen-bond donors (Lipinski definition) is 1. The van der Waals surface area contributed by atoms with E-state index in [1.54, 1.807) is 6.07 Å². The third-order valence-corrected chi connectivity index (χ3v) is 4.12. The molecule has 0 fully saturated rings. The molecule has 1 aromatic carbocycles. The summed E-state index contributed by atoms with van der Waals surface area (Å²) in [7, 11) is 0. The highest BCUT2D eigenvalue weighted by Crippen LogP contribution is 2.33. The Morgan fingerprint density at radius 2 is 2.06 bits per heavy atom. The number of alkyl halides is 2. The van der Waals surface area contributed by atoms with Crippen molar-refractivity contribution in [3.63, 3.8) is 0 Å². The average Bonchev–Trinajstić information content (AvgIpc) is 2.32. The number of carbonyl (C=O) groups is 1. The number of halogens is 4. The quantitative estimate of drug-likeness (QED) is 0.806. The minimum Gasteiger partial charge on any atom is -0.462 e. The molecule has 0 aliphatic rings. The Balaban J connectivity index is 3.01. The summed E-state index contributed by atoms with van der Waals surface area (Å²) in [5.41, 5.74) is 5.58. The molecule has 0 saturated heterocycles. The van der Waals surface area contributed by atoms with Crippen molar-refractivity contribution in [1.29, 1.82) is 0 Å². The van der Waals surface area contributed by atoms with Crippen LogP contribution in [0.2, 0.25) is 0 Å². The summed E-state index contributed by atoms with van der Waals surface area (Å²) in [6, 6.07) is 2.68. The third-order valence-electron chi connectivity index (χ3n) is 2.24. The van der Waals surface area contributed by atoms with Crippen LogP contribution in [0.15, 0.2) is 27.1 Å². The Bertz CT molecular complexity index is 455. The number of ether oxygens (including phenoxy) is 1. The Kier molecular flexibility index (Phi) is 5.24. The topological polar surface area (TPSA) is 52.3 Å². The molecule has 0 bridgehead atoms. The van der Waals surface area contributed by atoms with Crippen LogP contribution in [-0.4, -0.2) is 18.5 Å². The SMILES string of the molecule is CCOC(=O)C(F)(F)[C@@H](N)c1ccc(Br)c(Br)c1. The van der Waals surface area contributed by atoms with Crippen molar-refractivity contribution >= 4 is 37.8 Å². The fourth-order valence-corrected chi connectivity index (χ4v) is 1.91. The molecule has 7 heteroatoms. The van der Waals surface area contributed by atoms with E-state index in [4.69, 9.17) is 5.73 Å². The van der Waals surface area contributed by atoms with E-state index in [9.17, 15) is 13.6 Å². The predicted molar refractivity (Wildman–Crippen MR) is 70.4 cm³/mol. The second-order valence-corrected chi connectivity index (χ2v) is 5.20. The van der Waals surface area contributed by atoms with Crippen molar-refractivity contribution in [2.24, 2.45) is 5.73 Å². The largest absolute Gasteiger partial charge is 0.462 e. The number of esters is 1. The van der Waals surface area contributed by atoms with Crippen molar-refractivity contribution in [2.75, 3.05) is 6.61 Å². The van der Waals surface area contributed by atoms with Crippen LogP contribution in [0.5, 0.6) is 0 Å². The Morgan fingerprint density at radius 1 is 1.44 bits per heavy atom. The highest BCUT2D eigenvalue weighted by molar-refractivity contribution is 9.13. The minimum absolute atomic E-state index is 0.120. The first-order valence-corrected chi connectivity index (χ1v) is 6.64. The summed E-state index contributed by atoms with van der Waals surface area (Å²) < 4.78 is 33.0. The van der Waals surface area contributed by atoms with Crippen molar-refractivity contribution < 1.29 is 18.3 Å². The monoisotopic (exact) mass is 385 g/mol. The molecular formula is C11H11Br2F2NO2. The van der Waals surface area contributed by atoms with Gasteiger partial charge in [-0.25, -0.2) is 4.79 Å². The van der Waals surface area contributed by atoms with Gasteiger partial charge in [-0.05, 0) is 56.5 Å². The van der Waals surface area contributed by atoms with E-state index in [1.807, 2.05) is 0 Å². The van der Waals surface area contributed by atoms with Crippen molar-refractivity contribution in [2.45, 2.75) is 18.9 Å². The predicted octanol–water partition coefficient (Wildman–Crippen LogP) is 3.41. The smallest absolute Gasteiger partial charge is 0.379 e. The molecule has 18 heavy (non-hydrogen) atoms. The van der Waals surface area contributed by atoms with Crippen LogP contribution in [-0.2, 0) is 9.53 Å². The van der Waals surface area contributed by atoms with Gasteiger partial charge in [0.15, 0.2) is 0 Å². The van der Waals surface area contributed by atoms with Gasteiger partial charge in [0.05, 0.1) is 6.61 Å². The molecular weight excluding hydrogens is 376 g/mol. The van der Waals surface area contributed by atoms with E-state index in [2.05, 4.69) is 36.6 Å². The van der Waals surface area contributed by atoms with Gasteiger partial charge >= 0.3 is 11.9 Å². The van der Waals surface area contributed by atoms with Crippen LogP contribution in [0.1, 0.15) is 18.5 Å². The van der Waals surface area contributed by atoms with Gasteiger partial charge in [-0.2, -0.15) is 8.78 Å². The summed E-state index contributed by atoms with van der Waals surface area (Å²) in [6.45, 7) is 1.33. The lowest BCUT2D eigenvalue weighted by molar-refractivity contribution is -0.174. The summed E-state index contributed by atoms with van der Waals surface area (Å²) in [4.78, 5) is 11.2. The molecule has 3 nitrogen and oxygen atoms in total. The van der Waals surface area contributed by atoms with Crippen LogP contribution in [0.25, 0.3) is 0 Å². The normalized spacial score (nSPS) is 13.2. The van der Waals surface area contributed by atoms with E-state index in [0.29, 0.717) is 8.95 Å². The highest BCUT2D eigenvalue weighted by Gasteiger charge is 2.47. The lowest BCUT2D eigenvalue weighted by atomic mass is 10.0. The van der Waals surface area contributed by atoms with Crippen molar-refractivity contribution in [3.8, 4) is 0 Å². The number of benzene rings is 1. The van der Waals surface area contributed by atoms with E-state index in [-0.39, 0.29) is 12.2 Å². The Labute approximate surface area is 120 Å². The van der Waals surface area contributed by atoms with Gasteiger partial charge in [0.1, 0.15) is 6.04 Å². The first-order valence-electron chi connectivity index (χ1n) is 5.06. The number of carbonyl (C=O) groups excluding carboxylic acids is 1. The zero-order valence-corrected chi connectivity index (χ0v) is 12.6. The fraction of sp³-hybridized carbons (Fsp3) is 0.364. The lowest BCUT2D eigenvalue weighted by Crippen LogP contribution is -2.41.